The summed E-state index contributed by atoms with van der Waals surface area (Å²) in [6.07, 6.45) is -1.21. The number of aryl methyl sites for hydroxylation is 4. The molecule has 0 aliphatic carbocycles. The Morgan fingerprint density at radius 2 is 1.31 bits per heavy atom. The lowest BCUT2D eigenvalue weighted by Crippen LogP contribution is -2.46. The third-order valence-electron chi connectivity index (χ3n) is 7.42. The van der Waals surface area contributed by atoms with E-state index in [-0.39, 0.29) is 0 Å². The summed E-state index contributed by atoms with van der Waals surface area (Å²) in [5, 5.41) is 0. The number of amides is 1. The summed E-state index contributed by atoms with van der Waals surface area (Å²) in [5.74, 6) is 1.51. The lowest BCUT2D eigenvalue weighted by atomic mass is 9.99. The molecule has 0 saturated heterocycles. The summed E-state index contributed by atoms with van der Waals surface area (Å²) in [7, 11) is 0. The molecule has 0 fully saturated rings. The van der Waals surface area contributed by atoms with E-state index in [0.29, 0.717) is 36.2 Å². The summed E-state index contributed by atoms with van der Waals surface area (Å²) in [5.41, 5.74) is 25.6. The van der Waals surface area contributed by atoms with Gasteiger partial charge in [-0.2, -0.15) is 0 Å². The quantitative estimate of drug-likeness (QED) is 0.156. The highest BCUT2D eigenvalue weighted by molar-refractivity contribution is 5.86. The maximum Gasteiger partial charge on any atom is 0.280 e. The van der Waals surface area contributed by atoms with Gasteiger partial charge in [0.1, 0.15) is 29.7 Å². The molecular weight excluding hydrogens is 564 g/mol. The Morgan fingerprint density at radius 3 is 1.87 bits per heavy atom. The third-order valence-corrected chi connectivity index (χ3v) is 7.42. The standard InChI is InChI=1S/C36H38N6O3/c1-22-18-27(44-17-16-37)19-23(2)34(22)30-13-9-15-32(41-30)42(26-10-6-5-7-11-26)36(35(39)43)45-28-20-24(3)33(25(4)21-28)29-12-8-14-31(38)40-29/h5-15,18-21,36H,16-17,37H2,1-4H3,(H2,38,40)(H2,39,43). The van der Waals surface area contributed by atoms with Crippen molar-refractivity contribution in [2.75, 3.05) is 23.8 Å². The molecule has 0 aliphatic heterocycles. The molecule has 0 spiro atoms. The van der Waals surface area contributed by atoms with Crippen molar-refractivity contribution in [1.82, 2.24) is 9.97 Å². The summed E-state index contributed by atoms with van der Waals surface area (Å²) in [6, 6.07) is 28.4. The molecule has 1 amide bonds. The zero-order chi connectivity index (χ0) is 32.1. The highest BCUT2D eigenvalue weighted by atomic mass is 16.5. The number of nitrogens with two attached hydrogens (primary N) is 3. The minimum absolute atomic E-state index is 0.435. The fourth-order valence-corrected chi connectivity index (χ4v) is 5.61. The average molecular weight is 603 g/mol. The molecule has 2 heterocycles. The van der Waals surface area contributed by atoms with Gasteiger partial charge in [0.15, 0.2) is 0 Å². The second kappa shape index (κ2) is 13.5. The first-order chi connectivity index (χ1) is 21.7. The van der Waals surface area contributed by atoms with E-state index < -0.39 is 12.1 Å². The van der Waals surface area contributed by atoms with E-state index in [0.717, 1.165) is 50.5 Å². The predicted molar refractivity (Wildman–Crippen MR) is 179 cm³/mol. The minimum Gasteiger partial charge on any atom is -0.492 e. The topological polar surface area (TPSA) is 143 Å². The molecular formula is C36H38N6O3. The van der Waals surface area contributed by atoms with Gasteiger partial charge in [0.2, 0.25) is 0 Å². The smallest absolute Gasteiger partial charge is 0.280 e. The van der Waals surface area contributed by atoms with E-state index in [1.165, 1.54) is 0 Å². The number of ether oxygens (including phenoxy) is 2. The number of primary amides is 1. The Hall–Kier alpha value is -5.41. The molecule has 1 unspecified atom stereocenters. The molecule has 6 N–H and O–H groups in total. The van der Waals surface area contributed by atoms with Crippen molar-refractivity contribution in [3.63, 3.8) is 0 Å². The van der Waals surface area contributed by atoms with E-state index in [2.05, 4.69) is 4.98 Å². The molecule has 230 valence electrons. The maximum absolute atomic E-state index is 13.2. The summed E-state index contributed by atoms with van der Waals surface area (Å²) < 4.78 is 12.2. The molecule has 9 heteroatoms. The molecule has 2 aromatic heterocycles. The lowest BCUT2D eigenvalue weighted by molar-refractivity contribution is -0.124. The van der Waals surface area contributed by atoms with Gasteiger partial charge in [-0.25, -0.2) is 9.97 Å². The van der Waals surface area contributed by atoms with Gasteiger partial charge >= 0.3 is 0 Å². The number of hydrogen-bond acceptors (Lipinski definition) is 8. The number of nitrogen functional groups attached to an aromatic ring is 1. The van der Waals surface area contributed by atoms with E-state index in [4.69, 9.17) is 31.7 Å². The fraction of sp³-hybridized carbons (Fsp3) is 0.194. The number of para-hydroxylation sites is 1. The average Bonchev–Trinajstić information content (AvgIpc) is 3.00. The molecule has 0 saturated carbocycles. The van der Waals surface area contributed by atoms with Crippen LogP contribution in [0.25, 0.3) is 22.5 Å². The zero-order valence-electron chi connectivity index (χ0n) is 26.0. The molecule has 0 radical (unpaired) electrons. The SMILES string of the molecule is Cc1cc(OC(C(N)=O)N(c2ccccc2)c2cccc(-c3c(C)cc(OCCN)cc3C)n2)cc(C)c1-c1cccc(N)n1. The molecule has 0 aliphatic rings. The highest BCUT2D eigenvalue weighted by Crippen LogP contribution is 2.35. The number of hydrogen-bond donors (Lipinski definition) is 3. The van der Waals surface area contributed by atoms with Crippen molar-refractivity contribution in [1.29, 1.82) is 0 Å². The summed E-state index contributed by atoms with van der Waals surface area (Å²) in [6.45, 7) is 8.84. The highest BCUT2D eigenvalue weighted by Gasteiger charge is 2.30. The van der Waals surface area contributed by atoms with Gasteiger partial charge in [0.05, 0.1) is 11.4 Å². The third kappa shape index (κ3) is 6.89. The molecule has 9 nitrogen and oxygen atoms in total. The van der Waals surface area contributed by atoms with Crippen LogP contribution in [0.3, 0.4) is 0 Å². The Kier molecular flexibility index (Phi) is 9.30. The van der Waals surface area contributed by atoms with Gasteiger partial charge in [0.25, 0.3) is 12.1 Å². The van der Waals surface area contributed by atoms with Crippen molar-refractivity contribution in [2.45, 2.75) is 33.9 Å². The van der Waals surface area contributed by atoms with Gasteiger partial charge in [-0.05, 0) is 111 Å². The Morgan fingerprint density at radius 1 is 0.756 bits per heavy atom. The van der Waals surface area contributed by atoms with Crippen LogP contribution in [-0.4, -0.2) is 35.3 Å². The van der Waals surface area contributed by atoms with Gasteiger partial charge in [0, 0.05) is 23.4 Å². The number of anilines is 3. The number of pyridine rings is 2. The first kappa shape index (κ1) is 31.0. The van der Waals surface area contributed by atoms with Gasteiger partial charge in [-0.1, -0.05) is 30.3 Å². The summed E-state index contributed by atoms with van der Waals surface area (Å²) in [4.78, 5) is 24.4. The molecule has 3 aromatic carbocycles. The number of benzene rings is 3. The molecule has 1 atom stereocenters. The predicted octanol–water partition coefficient (Wildman–Crippen LogP) is 5.99. The number of carbonyl (C=O) groups excluding carboxylic acids is 1. The Bertz CT molecular complexity index is 1780. The van der Waals surface area contributed by atoms with Gasteiger partial charge in [-0.15, -0.1) is 0 Å². The monoisotopic (exact) mass is 602 g/mol. The van der Waals surface area contributed by atoms with Crippen molar-refractivity contribution < 1.29 is 14.3 Å². The van der Waals surface area contributed by atoms with Crippen LogP contribution in [0.15, 0.2) is 91.0 Å². The number of rotatable bonds is 11. The molecule has 5 rings (SSSR count). The van der Waals surface area contributed by atoms with Crippen LogP contribution in [0.4, 0.5) is 17.3 Å². The van der Waals surface area contributed by atoms with E-state index in [1.807, 2.05) is 113 Å². The molecule has 5 aromatic rings. The minimum atomic E-state index is -1.21. The first-order valence-corrected chi connectivity index (χ1v) is 14.7. The van der Waals surface area contributed by atoms with Crippen molar-refractivity contribution in [3.8, 4) is 34.0 Å². The number of carbonyl (C=O) groups is 1. The lowest BCUT2D eigenvalue weighted by Gasteiger charge is -2.31. The van der Waals surface area contributed by atoms with Crippen molar-refractivity contribution >= 4 is 23.2 Å². The first-order valence-electron chi connectivity index (χ1n) is 14.7. The second-order valence-corrected chi connectivity index (χ2v) is 10.9. The number of aromatic nitrogens is 2. The fourth-order valence-electron chi connectivity index (χ4n) is 5.61. The van der Waals surface area contributed by atoms with Crippen molar-refractivity contribution in [2.24, 2.45) is 11.5 Å². The largest absolute Gasteiger partial charge is 0.492 e. The Labute approximate surface area is 263 Å². The van der Waals surface area contributed by atoms with E-state index in [1.54, 1.807) is 11.0 Å². The van der Waals surface area contributed by atoms with E-state index >= 15 is 0 Å². The molecule has 0 bridgehead atoms. The summed E-state index contributed by atoms with van der Waals surface area (Å²) >= 11 is 0. The van der Waals surface area contributed by atoms with Crippen LogP contribution in [0.1, 0.15) is 22.3 Å². The zero-order valence-corrected chi connectivity index (χ0v) is 26.0. The van der Waals surface area contributed by atoms with Crippen LogP contribution in [0.5, 0.6) is 11.5 Å². The second-order valence-electron chi connectivity index (χ2n) is 10.9. The van der Waals surface area contributed by atoms with Gasteiger partial charge in [-0.3, -0.25) is 9.69 Å². The van der Waals surface area contributed by atoms with Crippen molar-refractivity contribution in [3.05, 3.63) is 113 Å². The van der Waals surface area contributed by atoms with Crippen LogP contribution in [0, 0.1) is 27.7 Å². The van der Waals surface area contributed by atoms with Crippen LogP contribution >= 0.6 is 0 Å². The maximum atomic E-state index is 13.2. The van der Waals surface area contributed by atoms with Gasteiger partial charge < -0.3 is 26.7 Å². The van der Waals surface area contributed by atoms with Crippen LogP contribution in [0.2, 0.25) is 0 Å². The van der Waals surface area contributed by atoms with Crippen LogP contribution < -0.4 is 31.6 Å². The van der Waals surface area contributed by atoms with Crippen LogP contribution in [-0.2, 0) is 4.79 Å². The van der Waals surface area contributed by atoms with E-state index in [9.17, 15) is 4.79 Å². The normalized spacial score (nSPS) is 11.6. The number of nitrogens with zero attached hydrogens (tertiary/aromatic N) is 3. The Balaban J connectivity index is 1.56. The molecule has 45 heavy (non-hydrogen) atoms.